The van der Waals surface area contributed by atoms with Crippen LogP contribution in [0.1, 0.15) is 31.9 Å². The first kappa shape index (κ1) is 15.5. The van der Waals surface area contributed by atoms with Gasteiger partial charge in [-0.3, -0.25) is 0 Å². The topological polar surface area (TPSA) is 60.2 Å². The van der Waals surface area contributed by atoms with Crippen LogP contribution in [0.4, 0.5) is 0 Å². The van der Waals surface area contributed by atoms with E-state index in [1.54, 1.807) is 17.1 Å². The molecule has 0 fully saturated rings. The fourth-order valence-corrected chi connectivity index (χ4v) is 2.06. The molecule has 21 heavy (non-hydrogen) atoms. The Morgan fingerprint density at radius 2 is 2.10 bits per heavy atom. The van der Waals surface area contributed by atoms with Crippen molar-refractivity contribution < 1.29 is 9.84 Å². The second-order valence-electron chi connectivity index (χ2n) is 6.32. The average molecular weight is 289 g/mol. The van der Waals surface area contributed by atoms with Crippen LogP contribution in [0.15, 0.2) is 30.6 Å². The monoisotopic (exact) mass is 289 g/mol. The highest BCUT2D eigenvalue weighted by Crippen LogP contribution is 2.27. The van der Waals surface area contributed by atoms with E-state index in [4.69, 9.17) is 4.74 Å². The zero-order chi connectivity index (χ0) is 15.5. The molecule has 1 aromatic carbocycles. The molecule has 2 aromatic rings. The maximum absolute atomic E-state index is 9.94. The summed E-state index contributed by atoms with van der Waals surface area (Å²) in [4.78, 5) is 0. The summed E-state index contributed by atoms with van der Waals surface area (Å²) in [5.74, 6) is 0.806. The van der Waals surface area contributed by atoms with Crippen LogP contribution in [-0.2, 0) is 12.0 Å². The molecule has 1 heterocycles. The summed E-state index contributed by atoms with van der Waals surface area (Å²) in [6.07, 6.45) is 2.68. The first-order valence-electron chi connectivity index (χ1n) is 7.12. The second kappa shape index (κ2) is 6.26. The van der Waals surface area contributed by atoms with E-state index in [1.165, 1.54) is 5.56 Å². The van der Waals surface area contributed by atoms with Crippen LogP contribution in [0.5, 0.6) is 5.75 Å². The first-order chi connectivity index (χ1) is 9.86. The van der Waals surface area contributed by atoms with Crippen LogP contribution in [0, 0.1) is 6.92 Å². The third-order valence-corrected chi connectivity index (χ3v) is 3.34. The lowest BCUT2D eigenvalue weighted by molar-refractivity contribution is 0.0885. The van der Waals surface area contributed by atoms with Gasteiger partial charge in [0.2, 0.25) is 0 Å². The van der Waals surface area contributed by atoms with Crippen LogP contribution >= 0.6 is 0 Å². The van der Waals surface area contributed by atoms with Crippen LogP contribution in [0.2, 0.25) is 0 Å². The fraction of sp³-hybridized carbons (Fsp3) is 0.500. The molecule has 0 bridgehead atoms. The van der Waals surface area contributed by atoms with E-state index in [0.29, 0.717) is 6.54 Å². The van der Waals surface area contributed by atoms with E-state index in [9.17, 15) is 5.11 Å². The number of ether oxygens (including phenoxy) is 1. The van der Waals surface area contributed by atoms with Gasteiger partial charge in [-0.15, -0.1) is 5.10 Å². The molecule has 0 saturated carbocycles. The number of aliphatic hydroxyl groups excluding tert-OH is 1. The molecular formula is C16H23N3O2. The molecule has 1 unspecified atom stereocenters. The maximum Gasteiger partial charge on any atom is 0.122 e. The largest absolute Gasteiger partial charge is 0.491 e. The van der Waals surface area contributed by atoms with E-state index >= 15 is 0 Å². The Labute approximate surface area is 125 Å². The molecule has 0 saturated heterocycles. The van der Waals surface area contributed by atoms with Gasteiger partial charge in [0.25, 0.3) is 0 Å². The van der Waals surface area contributed by atoms with E-state index in [2.05, 4.69) is 43.2 Å². The minimum Gasteiger partial charge on any atom is -0.491 e. The molecule has 0 spiro atoms. The summed E-state index contributed by atoms with van der Waals surface area (Å²) >= 11 is 0. The molecule has 114 valence electrons. The van der Waals surface area contributed by atoms with E-state index in [1.807, 2.05) is 13.0 Å². The van der Waals surface area contributed by atoms with Gasteiger partial charge in [0.1, 0.15) is 18.5 Å². The number of benzene rings is 1. The predicted octanol–water partition coefficient (Wildman–Crippen LogP) is 2.32. The molecule has 1 N–H and O–H groups in total. The Morgan fingerprint density at radius 3 is 2.67 bits per heavy atom. The summed E-state index contributed by atoms with van der Waals surface area (Å²) in [5.41, 5.74) is 2.47. The number of hydrogen-bond acceptors (Lipinski definition) is 4. The Bertz CT molecular complexity index is 574. The number of rotatable bonds is 5. The highest BCUT2D eigenvalue weighted by molar-refractivity contribution is 5.38. The summed E-state index contributed by atoms with van der Waals surface area (Å²) in [6.45, 7) is 9.18. The van der Waals surface area contributed by atoms with Crippen molar-refractivity contribution in [2.24, 2.45) is 0 Å². The normalized spacial score (nSPS) is 13.2. The summed E-state index contributed by atoms with van der Waals surface area (Å²) in [6, 6.07) is 6.18. The average Bonchev–Trinajstić information content (AvgIpc) is 2.89. The quantitative estimate of drug-likeness (QED) is 0.917. The molecule has 2 rings (SSSR count). The molecule has 0 aliphatic carbocycles. The van der Waals surface area contributed by atoms with Gasteiger partial charge in [0, 0.05) is 6.20 Å². The van der Waals surface area contributed by atoms with Crippen LogP contribution in [0.25, 0.3) is 0 Å². The highest BCUT2D eigenvalue weighted by Gasteiger charge is 2.15. The fourth-order valence-electron chi connectivity index (χ4n) is 2.06. The third-order valence-electron chi connectivity index (χ3n) is 3.34. The molecule has 1 aromatic heterocycles. The molecule has 5 nitrogen and oxygen atoms in total. The van der Waals surface area contributed by atoms with Crippen molar-refractivity contribution in [3.05, 3.63) is 41.7 Å². The van der Waals surface area contributed by atoms with Crippen LogP contribution in [-0.4, -0.2) is 32.8 Å². The Kier molecular flexibility index (Phi) is 4.63. The maximum atomic E-state index is 9.94. The van der Waals surface area contributed by atoms with Gasteiger partial charge in [-0.25, -0.2) is 4.68 Å². The lowest BCUT2D eigenvalue weighted by Gasteiger charge is -2.21. The molecule has 5 heteroatoms. The first-order valence-corrected chi connectivity index (χ1v) is 7.12. The van der Waals surface area contributed by atoms with Crippen molar-refractivity contribution in [2.45, 2.75) is 45.8 Å². The third kappa shape index (κ3) is 4.29. The van der Waals surface area contributed by atoms with Gasteiger partial charge < -0.3 is 9.84 Å². The molecular weight excluding hydrogens is 266 g/mol. The molecule has 0 amide bonds. The van der Waals surface area contributed by atoms with Gasteiger partial charge in [0.15, 0.2) is 0 Å². The zero-order valence-corrected chi connectivity index (χ0v) is 13.1. The summed E-state index contributed by atoms with van der Waals surface area (Å²) in [7, 11) is 0. The van der Waals surface area contributed by atoms with E-state index in [-0.39, 0.29) is 12.0 Å². The van der Waals surface area contributed by atoms with Crippen molar-refractivity contribution in [3.8, 4) is 5.75 Å². The Hall–Kier alpha value is -1.88. The molecule has 0 aliphatic heterocycles. The van der Waals surface area contributed by atoms with Crippen LogP contribution in [0.3, 0.4) is 0 Å². The lowest BCUT2D eigenvalue weighted by Crippen LogP contribution is -2.24. The van der Waals surface area contributed by atoms with Crippen molar-refractivity contribution in [2.75, 3.05) is 6.61 Å². The van der Waals surface area contributed by atoms with Crippen molar-refractivity contribution in [3.63, 3.8) is 0 Å². The van der Waals surface area contributed by atoms with E-state index < -0.39 is 6.10 Å². The number of hydrogen-bond donors (Lipinski definition) is 1. The van der Waals surface area contributed by atoms with Gasteiger partial charge in [0.05, 0.1) is 12.7 Å². The number of aromatic nitrogens is 3. The predicted molar refractivity (Wildman–Crippen MR) is 81.4 cm³/mol. The van der Waals surface area contributed by atoms with E-state index in [0.717, 1.165) is 11.3 Å². The van der Waals surface area contributed by atoms with Gasteiger partial charge in [-0.2, -0.15) is 0 Å². The SMILES string of the molecule is Cc1cc(C(C)(C)C)ccc1OCC(O)Cn1ccnn1. The Balaban J connectivity index is 1.94. The molecule has 0 aliphatic rings. The highest BCUT2D eigenvalue weighted by atomic mass is 16.5. The van der Waals surface area contributed by atoms with Gasteiger partial charge in [-0.05, 0) is 29.5 Å². The molecule has 0 radical (unpaired) electrons. The smallest absolute Gasteiger partial charge is 0.122 e. The zero-order valence-electron chi connectivity index (χ0n) is 13.1. The van der Waals surface area contributed by atoms with Crippen LogP contribution < -0.4 is 4.74 Å². The minimum atomic E-state index is -0.617. The second-order valence-corrected chi connectivity index (χ2v) is 6.32. The van der Waals surface area contributed by atoms with Crippen molar-refractivity contribution in [1.82, 2.24) is 15.0 Å². The summed E-state index contributed by atoms with van der Waals surface area (Å²) < 4.78 is 7.29. The standard InChI is InChI=1S/C16H23N3O2/c1-12-9-13(16(2,3)4)5-6-15(12)21-11-14(20)10-19-8-7-17-18-19/h5-9,14,20H,10-11H2,1-4H3. The Morgan fingerprint density at radius 1 is 1.33 bits per heavy atom. The lowest BCUT2D eigenvalue weighted by atomic mass is 9.86. The van der Waals surface area contributed by atoms with Gasteiger partial charge >= 0.3 is 0 Å². The molecule has 1 atom stereocenters. The van der Waals surface area contributed by atoms with Gasteiger partial charge in [-0.1, -0.05) is 38.1 Å². The number of aryl methyl sites for hydroxylation is 1. The number of nitrogens with zero attached hydrogens (tertiary/aromatic N) is 3. The van der Waals surface area contributed by atoms with Crippen molar-refractivity contribution >= 4 is 0 Å². The van der Waals surface area contributed by atoms with Crippen molar-refractivity contribution in [1.29, 1.82) is 0 Å². The minimum absolute atomic E-state index is 0.121. The summed E-state index contributed by atoms with van der Waals surface area (Å²) in [5, 5.41) is 17.5. The number of aliphatic hydroxyl groups is 1.